The average molecular weight is 224 g/mol. The molecule has 3 unspecified atom stereocenters. The quantitative estimate of drug-likeness (QED) is 0.726. The number of hydrogen-bond donors (Lipinski definition) is 0. The van der Waals surface area contributed by atoms with Gasteiger partial charge in [0.1, 0.15) is 0 Å². The molecule has 0 amide bonds. The second kappa shape index (κ2) is 5.50. The van der Waals surface area contributed by atoms with Crippen LogP contribution in [-0.4, -0.2) is 48.6 Å². The molecule has 0 aliphatic carbocycles. The van der Waals surface area contributed by atoms with Crippen molar-refractivity contribution in [1.82, 2.24) is 9.80 Å². The molecule has 94 valence electrons. The molecule has 0 spiro atoms. The van der Waals surface area contributed by atoms with Gasteiger partial charge in [-0.2, -0.15) is 0 Å². The third-order valence-electron chi connectivity index (χ3n) is 4.20. The van der Waals surface area contributed by atoms with Gasteiger partial charge in [0.2, 0.25) is 0 Å². The van der Waals surface area contributed by atoms with Gasteiger partial charge < -0.3 is 4.90 Å². The molecule has 2 heterocycles. The molecule has 0 aromatic carbocycles. The monoisotopic (exact) mass is 224 g/mol. The fourth-order valence-corrected chi connectivity index (χ4v) is 3.64. The maximum absolute atomic E-state index is 2.77. The lowest BCUT2D eigenvalue weighted by atomic mass is 9.91. The Hall–Kier alpha value is -0.0800. The fraction of sp³-hybridized carbons (Fsp3) is 1.00. The van der Waals surface area contributed by atoms with E-state index >= 15 is 0 Å². The van der Waals surface area contributed by atoms with Crippen LogP contribution in [0, 0.1) is 11.8 Å². The maximum atomic E-state index is 2.77. The Bertz CT molecular complexity index is 207. The largest absolute Gasteiger partial charge is 0.302 e. The summed E-state index contributed by atoms with van der Waals surface area (Å²) >= 11 is 0. The molecule has 3 atom stereocenters. The van der Waals surface area contributed by atoms with E-state index in [-0.39, 0.29) is 0 Å². The Morgan fingerprint density at radius 2 is 1.75 bits per heavy atom. The molecular formula is C14H28N2. The molecule has 0 aromatic rings. The van der Waals surface area contributed by atoms with E-state index in [9.17, 15) is 0 Å². The van der Waals surface area contributed by atoms with Gasteiger partial charge in [0.05, 0.1) is 0 Å². The zero-order valence-electron chi connectivity index (χ0n) is 11.3. The first-order chi connectivity index (χ1) is 7.69. The molecule has 2 fully saturated rings. The van der Waals surface area contributed by atoms with Crippen molar-refractivity contribution in [2.45, 2.75) is 46.1 Å². The summed E-state index contributed by atoms with van der Waals surface area (Å²) in [7, 11) is 0. The summed E-state index contributed by atoms with van der Waals surface area (Å²) in [6, 6.07) is 0.858. The van der Waals surface area contributed by atoms with Crippen LogP contribution in [0.4, 0.5) is 0 Å². The van der Waals surface area contributed by atoms with Crippen molar-refractivity contribution < 1.29 is 0 Å². The first-order valence-electron chi connectivity index (χ1n) is 7.15. The van der Waals surface area contributed by atoms with E-state index in [1.165, 1.54) is 52.0 Å². The van der Waals surface area contributed by atoms with Crippen molar-refractivity contribution in [2.24, 2.45) is 11.8 Å². The van der Waals surface area contributed by atoms with Crippen LogP contribution in [0.15, 0.2) is 0 Å². The van der Waals surface area contributed by atoms with Crippen LogP contribution in [0.25, 0.3) is 0 Å². The summed E-state index contributed by atoms with van der Waals surface area (Å²) < 4.78 is 0. The van der Waals surface area contributed by atoms with Crippen LogP contribution in [0.5, 0.6) is 0 Å². The standard InChI is InChI=1S/C14H28N2/c1-4-6-15-7-5-14(11-15)16-9-12(2)8-13(3)10-16/h12-14H,4-11H2,1-3H3. The lowest BCUT2D eigenvalue weighted by molar-refractivity contribution is 0.0975. The van der Waals surface area contributed by atoms with Gasteiger partial charge in [-0.3, -0.25) is 4.90 Å². The van der Waals surface area contributed by atoms with Gasteiger partial charge in [-0.15, -0.1) is 0 Å². The smallest absolute Gasteiger partial charge is 0.0235 e. The molecule has 2 nitrogen and oxygen atoms in total. The molecule has 2 heteroatoms. The van der Waals surface area contributed by atoms with E-state index in [2.05, 4.69) is 30.6 Å². The van der Waals surface area contributed by atoms with Crippen molar-refractivity contribution in [2.75, 3.05) is 32.7 Å². The van der Waals surface area contributed by atoms with Crippen molar-refractivity contribution in [3.63, 3.8) is 0 Å². The van der Waals surface area contributed by atoms with E-state index < -0.39 is 0 Å². The fourth-order valence-electron chi connectivity index (χ4n) is 3.64. The van der Waals surface area contributed by atoms with E-state index in [1.54, 1.807) is 0 Å². The summed E-state index contributed by atoms with van der Waals surface area (Å²) in [6.45, 7) is 13.8. The molecule has 2 aliphatic heterocycles. The highest BCUT2D eigenvalue weighted by Crippen LogP contribution is 2.26. The van der Waals surface area contributed by atoms with Crippen molar-refractivity contribution in [3.05, 3.63) is 0 Å². The van der Waals surface area contributed by atoms with Gasteiger partial charge in [0, 0.05) is 25.7 Å². The van der Waals surface area contributed by atoms with Crippen molar-refractivity contribution >= 4 is 0 Å². The lowest BCUT2D eigenvalue weighted by Crippen LogP contribution is -2.46. The topological polar surface area (TPSA) is 6.48 Å². The first kappa shape index (κ1) is 12.4. The second-order valence-electron chi connectivity index (χ2n) is 6.14. The highest BCUT2D eigenvalue weighted by Gasteiger charge is 2.31. The first-order valence-corrected chi connectivity index (χ1v) is 7.15. The van der Waals surface area contributed by atoms with E-state index in [0.29, 0.717) is 0 Å². The second-order valence-corrected chi connectivity index (χ2v) is 6.14. The van der Waals surface area contributed by atoms with E-state index in [0.717, 1.165) is 17.9 Å². The van der Waals surface area contributed by atoms with Crippen LogP contribution < -0.4 is 0 Å². The molecule has 0 aromatic heterocycles. The number of piperidine rings is 1. The van der Waals surface area contributed by atoms with Gasteiger partial charge in [0.15, 0.2) is 0 Å². The maximum Gasteiger partial charge on any atom is 0.0235 e. The Labute approximate surface area is 101 Å². The number of nitrogens with zero attached hydrogens (tertiary/aromatic N) is 2. The van der Waals surface area contributed by atoms with Gasteiger partial charge >= 0.3 is 0 Å². The Kier molecular flexibility index (Phi) is 4.26. The summed E-state index contributed by atoms with van der Waals surface area (Å²) in [5.74, 6) is 1.81. The predicted octanol–water partition coefficient (Wildman–Crippen LogP) is 2.45. The molecule has 0 saturated carbocycles. The molecule has 0 N–H and O–H groups in total. The molecule has 2 rings (SSSR count). The number of hydrogen-bond acceptors (Lipinski definition) is 2. The van der Waals surface area contributed by atoms with E-state index in [4.69, 9.17) is 0 Å². The summed E-state index contributed by atoms with van der Waals surface area (Å²) in [5.41, 5.74) is 0. The van der Waals surface area contributed by atoms with Crippen LogP contribution in [0.3, 0.4) is 0 Å². The lowest BCUT2D eigenvalue weighted by Gasteiger charge is -2.38. The third kappa shape index (κ3) is 2.98. The zero-order valence-corrected chi connectivity index (χ0v) is 11.3. The van der Waals surface area contributed by atoms with Crippen molar-refractivity contribution in [3.8, 4) is 0 Å². The minimum atomic E-state index is 0.858. The molecule has 0 radical (unpaired) electrons. The summed E-state index contributed by atoms with van der Waals surface area (Å²) in [4.78, 5) is 5.42. The Morgan fingerprint density at radius 1 is 1.06 bits per heavy atom. The minimum Gasteiger partial charge on any atom is -0.302 e. The molecule has 2 aliphatic rings. The molecule has 0 bridgehead atoms. The number of rotatable bonds is 3. The average Bonchev–Trinajstić information content (AvgIpc) is 2.65. The number of likely N-dealkylation sites (tertiary alicyclic amines) is 2. The minimum absolute atomic E-state index is 0.858. The normalized spacial score (nSPS) is 38.1. The van der Waals surface area contributed by atoms with Gasteiger partial charge in [-0.05, 0) is 44.2 Å². The van der Waals surface area contributed by atoms with E-state index in [1.807, 2.05) is 0 Å². The Morgan fingerprint density at radius 3 is 2.38 bits per heavy atom. The highest BCUT2D eigenvalue weighted by molar-refractivity contribution is 4.87. The Balaban J connectivity index is 1.84. The molecule has 2 saturated heterocycles. The molecule has 16 heavy (non-hydrogen) atoms. The molecular weight excluding hydrogens is 196 g/mol. The van der Waals surface area contributed by atoms with Crippen LogP contribution >= 0.6 is 0 Å². The van der Waals surface area contributed by atoms with Crippen molar-refractivity contribution in [1.29, 1.82) is 0 Å². The summed E-state index contributed by atoms with van der Waals surface area (Å²) in [5, 5.41) is 0. The van der Waals surface area contributed by atoms with Gasteiger partial charge in [-0.25, -0.2) is 0 Å². The van der Waals surface area contributed by atoms with Gasteiger partial charge in [-0.1, -0.05) is 20.8 Å². The SMILES string of the molecule is CCCN1CCC(N2CC(C)CC(C)C2)C1. The highest BCUT2D eigenvalue weighted by atomic mass is 15.3. The summed E-state index contributed by atoms with van der Waals surface area (Å²) in [6.07, 6.45) is 4.14. The third-order valence-corrected chi connectivity index (χ3v) is 4.20. The van der Waals surface area contributed by atoms with Crippen LogP contribution in [-0.2, 0) is 0 Å². The van der Waals surface area contributed by atoms with Gasteiger partial charge in [0.25, 0.3) is 0 Å². The van der Waals surface area contributed by atoms with Crippen LogP contribution in [0.1, 0.15) is 40.0 Å². The zero-order chi connectivity index (χ0) is 11.5. The predicted molar refractivity (Wildman–Crippen MR) is 69.7 cm³/mol. The van der Waals surface area contributed by atoms with Crippen LogP contribution in [0.2, 0.25) is 0 Å².